The number of nitriles is 1. The van der Waals surface area contributed by atoms with E-state index in [0.29, 0.717) is 11.3 Å². The highest BCUT2D eigenvalue weighted by molar-refractivity contribution is 7.85. The summed E-state index contributed by atoms with van der Waals surface area (Å²) in [5, 5.41) is 12.9. The first-order valence-electron chi connectivity index (χ1n) is 6.43. The van der Waals surface area contributed by atoms with E-state index in [9.17, 15) is 13.7 Å². The molecule has 1 aromatic rings. The van der Waals surface area contributed by atoms with Crippen LogP contribution in [-0.4, -0.2) is 20.4 Å². The van der Waals surface area contributed by atoms with Gasteiger partial charge in [-0.2, -0.15) is 13.7 Å². The summed E-state index contributed by atoms with van der Waals surface area (Å²) in [4.78, 5) is 0. The summed E-state index contributed by atoms with van der Waals surface area (Å²) in [6.07, 6.45) is 7.50. The van der Waals surface area contributed by atoms with Gasteiger partial charge >= 0.3 is 10.1 Å². The highest BCUT2D eigenvalue weighted by atomic mass is 32.2. The molecule has 0 fully saturated rings. The molecule has 0 saturated heterocycles. The van der Waals surface area contributed by atoms with Crippen LogP contribution < -0.4 is 0 Å². The maximum absolute atomic E-state index is 10.9. The second kappa shape index (κ2) is 6.41. The predicted octanol–water partition coefficient (Wildman–Crippen LogP) is 2.73. The van der Waals surface area contributed by atoms with E-state index in [4.69, 9.17) is 0 Å². The van der Waals surface area contributed by atoms with Crippen LogP contribution in [0.2, 0.25) is 0 Å². The Kier molecular flexibility index (Phi) is 4.59. The normalized spacial score (nSPS) is 13.7. The Labute approximate surface area is 129 Å². The Hall–Kier alpha value is -2.65. The fourth-order valence-corrected chi connectivity index (χ4v) is 2.12. The lowest BCUT2D eigenvalue weighted by atomic mass is 9.96. The maximum Gasteiger partial charge on any atom is 0.325 e. The molecule has 112 valence electrons. The van der Waals surface area contributed by atoms with Crippen molar-refractivity contribution >= 4 is 21.4 Å². The van der Waals surface area contributed by atoms with Crippen molar-refractivity contribution in [3.05, 3.63) is 65.3 Å². The number of aryl methyl sites for hydroxylation is 1. The monoisotopic (exact) mass is 314 g/mol. The molecule has 2 rings (SSSR count). The summed E-state index contributed by atoms with van der Waals surface area (Å²) < 4.78 is 26.1. The lowest BCUT2D eigenvalue weighted by molar-refractivity contribution is 0.344. The van der Waals surface area contributed by atoms with Gasteiger partial charge in [0.25, 0.3) is 0 Å². The number of allylic oxidation sites excluding steroid dienone is 6. The standard InChI is InChI=1S/C16H14N2O3S/c1-12-4-3-5-14(10-12)16(11-17)13-6-8-15(9-7-13)18-21-22(2,19)20/h3-10H,1-2H3. The first kappa shape index (κ1) is 15.7. The summed E-state index contributed by atoms with van der Waals surface area (Å²) in [5.74, 6) is 0. The van der Waals surface area contributed by atoms with Gasteiger partial charge in [0, 0.05) is 0 Å². The van der Waals surface area contributed by atoms with Crippen LogP contribution in [0.4, 0.5) is 0 Å². The van der Waals surface area contributed by atoms with Crippen LogP contribution in [0.15, 0.2) is 59.3 Å². The second-order valence-electron chi connectivity index (χ2n) is 4.77. The molecule has 0 radical (unpaired) electrons. The smallest absolute Gasteiger partial charge is 0.268 e. The quantitative estimate of drug-likeness (QED) is 0.634. The van der Waals surface area contributed by atoms with E-state index in [2.05, 4.69) is 15.5 Å². The molecule has 0 saturated carbocycles. The first-order valence-corrected chi connectivity index (χ1v) is 8.25. The average molecular weight is 314 g/mol. The number of hydrogen-bond acceptors (Lipinski definition) is 5. The van der Waals surface area contributed by atoms with Gasteiger partial charge in [0.15, 0.2) is 0 Å². The van der Waals surface area contributed by atoms with E-state index in [1.807, 2.05) is 31.2 Å². The van der Waals surface area contributed by atoms with Gasteiger partial charge in [-0.25, -0.2) is 0 Å². The first-order chi connectivity index (χ1) is 10.4. The number of oxime groups is 1. The van der Waals surface area contributed by atoms with Crippen LogP contribution in [0.1, 0.15) is 11.1 Å². The topological polar surface area (TPSA) is 79.5 Å². The SMILES string of the molecule is Cc1cccc(C(C#N)=C2C=CC(=NOS(C)(=O)=O)C=C2)c1. The summed E-state index contributed by atoms with van der Waals surface area (Å²) in [6.45, 7) is 1.96. The van der Waals surface area contributed by atoms with Gasteiger partial charge < -0.3 is 0 Å². The molecule has 1 aliphatic carbocycles. The van der Waals surface area contributed by atoms with Gasteiger partial charge in [-0.1, -0.05) is 47.1 Å². The average Bonchev–Trinajstić information content (AvgIpc) is 2.46. The van der Waals surface area contributed by atoms with Crippen molar-refractivity contribution in [3.63, 3.8) is 0 Å². The van der Waals surface area contributed by atoms with Crippen molar-refractivity contribution in [1.29, 1.82) is 5.26 Å². The van der Waals surface area contributed by atoms with E-state index in [-0.39, 0.29) is 0 Å². The summed E-state index contributed by atoms with van der Waals surface area (Å²) in [7, 11) is -3.63. The zero-order chi connectivity index (χ0) is 16.2. The molecule has 22 heavy (non-hydrogen) atoms. The van der Waals surface area contributed by atoms with Crippen molar-refractivity contribution in [2.24, 2.45) is 5.16 Å². The third-order valence-corrected chi connectivity index (χ3v) is 3.20. The van der Waals surface area contributed by atoms with Gasteiger partial charge in [0.1, 0.15) is 11.8 Å². The molecule has 0 atom stereocenters. The highest BCUT2D eigenvalue weighted by Crippen LogP contribution is 2.22. The van der Waals surface area contributed by atoms with Crippen LogP contribution in [0.25, 0.3) is 5.57 Å². The van der Waals surface area contributed by atoms with Gasteiger partial charge in [-0.15, -0.1) is 0 Å². The molecule has 0 amide bonds. The summed E-state index contributed by atoms with van der Waals surface area (Å²) >= 11 is 0. The van der Waals surface area contributed by atoms with E-state index in [0.717, 1.165) is 23.0 Å². The Morgan fingerprint density at radius 1 is 1.23 bits per heavy atom. The van der Waals surface area contributed by atoms with Gasteiger partial charge in [0.2, 0.25) is 0 Å². The molecule has 6 heteroatoms. The summed E-state index contributed by atoms with van der Waals surface area (Å²) in [6, 6.07) is 9.86. The van der Waals surface area contributed by atoms with E-state index in [1.165, 1.54) is 0 Å². The molecule has 5 nitrogen and oxygen atoms in total. The number of nitrogens with zero attached hydrogens (tertiary/aromatic N) is 2. The fourth-order valence-electron chi connectivity index (χ4n) is 1.90. The molecule has 0 spiro atoms. The largest absolute Gasteiger partial charge is 0.325 e. The predicted molar refractivity (Wildman–Crippen MR) is 85.4 cm³/mol. The molecule has 1 aliphatic rings. The zero-order valence-electron chi connectivity index (χ0n) is 12.1. The van der Waals surface area contributed by atoms with Crippen LogP contribution in [-0.2, 0) is 14.4 Å². The summed E-state index contributed by atoms with van der Waals surface area (Å²) in [5.41, 5.74) is 3.53. The van der Waals surface area contributed by atoms with E-state index in [1.54, 1.807) is 24.3 Å². The minimum absolute atomic E-state index is 0.357. The zero-order valence-corrected chi connectivity index (χ0v) is 13.0. The van der Waals surface area contributed by atoms with Crippen LogP contribution in [0.5, 0.6) is 0 Å². The number of rotatable bonds is 3. The maximum atomic E-state index is 10.9. The van der Waals surface area contributed by atoms with Crippen molar-refractivity contribution in [2.75, 3.05) is 6.26 Å². The Morgan fingerprint density at radius 3 is 2.45 bits per heavy atom. The Bertz CT molecular complexity index is 836. The van der Waals surface area contributed by atoms with Gasteiger partial charge in [0.05, 0.1) is 11.8 Å². The van der Waals surface area contributed by atoms with E-state index < -0.39 is 10.1 Å². The molecule has 0 aliphatic heterocycles. The number of hydrogen-bond donors (Lipinski definition) is 0. The molecule has 0 unspecified atom stereocenters. The molecular formula is C16H14N2O3S. The van der Waals surface area contributed by atoms with Crippen LogP contribution >= 0.6 is 0 Å². The minimum atomic E-state index is -3.63. The fraction of sp³-hybridized carbons (Fsp3) is 0.125. The lowest BCUT2D eigenvalue weighted by Crippen LogP contribution is -2.01. The van der Waals surface area contributed by atoms with Gasteiger partial charge in [-0.3, -0.25) is 4.28 Å². The van der Waals surface area contributed by atoms with Crippen molar-refractivity contribution in [1.82, 2.24) is 0 Å². The Balaban J connectivity index is 2.31. The highest BCUT2D eigenvalue weighted by Gasteiger charge is 2.09. The third-order valence-electron chi connectivity index (χ3n) is 2.85. The van der Waals surface area contributed by atoms with E-state index >= 15 is 0 Å². The molecule has 0 N–H and O–H groups in total. The minimum Gasteiger partial charge on any atom is -0.268 e. The number of benzene rings is 1. The van der Waals surface area contributed by atoms with Crippen LogP contribution in [0.3, 0.4) is 0 Å². The van der Waals surface area contributed by atoms with Crippen molar-refractivity contribution < 1.29 is 12.7 Å². The third kappa shape index (κ3) is 4.17. The lowest BCUT2D eigenvalue weighted by Gasteiger charge is -2.07. The van der Waals surface area contributed by atoms with Crippen molar-refractivity contribution in [2.45, 2.75) is 6.92 Å². The molecule has 0 bridgehead atoms. The Morgan fingerprint density at radius 2 is 1.91 bits per heavy atom. The molecule has 0 aromatic heterocycles. The molecule has 0 heterocycles. The molecular weight excluding hydrogens is 300 g/mol. The molecule has 1 aromatic carbocycles. The van der Waals surface area contributed by atoms with Crippen molar-refractivity contribution in [3.8, 4) is 6.07 Å². The van der Waals surface area contributed by atoms with Gasteiger partial charge in [-0.05, 0) is 30.2 Å². The second-order valence-corrected chi connectivity index (χ2v) is 6.33. The van der Waals surface area contributed by atoms with Crippen LogP contribution in [0, 0.1) is 18.3 Å².